The largest absolute Gasteiger partial charge is 0.480 e. The van der Waals surface area contributed by atoms with Gasteiger partial charge in [0.05, 0.1) is 6.61 Å². The number of carbonyl (C=O) groups excluding carboxylic acids is 1. The molecular weight excluding hydrogens is 318 g/mol. The molecular formula is C20H25NO4. The summed E-state index contributed by atoms with van der Waals surface area (Å²) in [5.74, 6) is -1.36. The summed E-state index contributed by atoms with van der Waals surface area (Å²) in [6.07, 6.45) is 6.36. The molecule has 1 fully saturated rings. The third-order valence-electron chi connectivity index (χ3n) is 5.62. The SMILES string of the molecule is O=C(O)C1(C(=O)N2CCCC(CO)(Cc3ccccc3)C2)CC=CC1. The molecule has 1 atom stereocenters. The van der Waals surface area contributed by atoms with Gasteiger partial charge in [-0.15, -0.1) is 0 Å². The number of piperidine rings is 1. The Morgan fingerprint density at radius 3 is 2.40 bits per heavy atom. The Morgan fingerprint density at radius 1 is 1.12 bits per heavy atom. The first-order chi connectivity index (χ1) is 12.0. The van der Waals surface area contributed by atoms with Gasteiger partial charge in [-0.25, -0.2) is 0 Å². The highest BCUT2D eigenvalue weighted by Gasteiger charge is 2.50. The lowest BCUT2D eigenvalue weighted by molar-refractivity contribution is -0.162. The number of hydrogen-bond donors (Lipinski definition) is 2. The molecule has 0 bridgehead atoms. The minimum absolute atomic E-state index is 0.00992. The Labute approximate surface area is 148 Å². The number of allylic oxidation sites excluding steroid dienone is 2. The number of amides is 1. The fourth-order valence-electron chi connectivity index (χ4n) is 4.14. The van der Waals surface area contributed by atoms with E-state index in [9.17, 15) is 19.8 Å². The van der Waals surface area contributed by atoms with Crippen molar-refractivity contribution in [2.75, 3.05) is 19.7 Å². The number of hydrogen-bond acceptors (Lipinski definition) is 3. The van der Waals surface area contributed by atoms with Crippen LogP contribution in [-0.4, -0.2) is 46.7 Å². The lowest BCUT2D eigenvalue weighted by Crippen LogP contribution is -2.54. The van der Waals surface area contributed by atoms with Crippen LogP contribution in [0.3, 0.4) is 0 Å². The molecule has 1 aromatic rings. The molecule has 25 heavy (non-hydrogen) atoms. The lowest BCUT2D eigenvalue weighted by atomic mass is 9.74. The highest BCUT2D eigenvalue weighted by molar-refractivity contribution is 6.02. The number of carboxylic acids is 1. The van der Waals surface area contributed by atoms with Gasteiger partial charge in [0, 0.05) is 18.5 Å². The number of likely N-dealkylation sites (tertiary alicyclic amines) is 1. The zero-order valence-corrected chi connectivity index (χ0v) is 14.4. The van der Waals surface area contributed by atoms with Crippen LogP contribution in [-0.2, 0) is 16.0 Å². The molecule has 3 rings (SSSR count). The number of aliphatic hydroxyl groups excluding tert-OH is 1. The monoisotopic (exact) mass is 343 g/mol. The molecule has 1 aliphatic heterocycles. The van der Waals surface area contributed by atoms with E-state index in [1.54, 1.807) is 17.1 Å². The summed E-state index contributed by atoms with van der Waals surface area (Å²) >= 11 is 0. The van der Waals surface area contributed by atoms with Gasteiger partial charge in [-0.2, -0.15) is 0 Å². The van der Waals surface area contributed by atoms with Gasteiger partial charge in [-0.05, 0) is 37.7 Å². The van der Waals surface area contributed by atoms with Crippen molar-refractivity contribution in [3.05, 3.63) is 48.0 Å². The molecule has 0 aromatic heterocycles. The first-order valence-electron chi connectivity index (χ1n) is 8.84. The summed E-state index contributed by atoms with van der Waals surface area (Å²) < 4.78 is 0. The van der Waals surface area contributed by atoms with Crippen molar-refractivity contribution in [1.29, 1.82) is 0 Å². The van der Waals surface area contributed by atoms with Gasteiger partial charge >= 0.3 is 5.97 Å². The second-order valence-electron chi connectivity index (χ2n) is 7.42. The van der Waals surface area contributed by atoms with E-state index in [1.165, 1.54) is 0 Å². The Kier molecular flexibility index (Phi) is 4.95. The summed E-state index contributed by atoms with van der Waals surface area (Å²) in [4.78, 5) is 26.5. The Morgan fingerprint density at radius 2 is 1.80 bits per heavy atom. The van der Waals surface area contributed by atoms with Crippen LogP contribution in [0.5, 0.6) is 0 Å². The molecule has 1 heterocycles. The third-order valence-corrected chi connectivity index (χ3v) is 5.62. The molecule has 1 unspecified atom stereocenters. The molecule has 0 spiro atoms. The average Bonchev–Trinajstić information content (AvgIpc) is 3.13. The minimum Gasteiger partial charge on any atom is -0.480 e. The average molecular weight is 343 g/mol. The predicted molar refractivity (Wildman–Crippen MR) is 93.9 cm³/mol. The maximum absolute atomic E-state index is 13.0. The van der Waals surface area contributed by atoms with Crippen LogP contribution >= 0.6 is 0 Å². The highest BCUT2D eigenvalue weighted by atomic mass is 16.4. The standard InChI is InChI=1S/C20H25NO4/c22-15-19(13-16-7-2-1-3-8-16)9-6-12-21(14-19)17(23)20(18(24)25)10-4-5-11-20/h1-5,7-8,22H,6,9-15H2,(H,24,25). The highest BCUT2D eigenvalue weighted by Crippen LogP contribution is 2.39. The Balaban J connectivity index is 1.79. The van der Waals surface area contributed by atoms with Crippen molar-refractivity contribution < 1.29 is 19.8 Å². The molecule has 5 heteroatoms. The van der Waals surface area contributed by atoms with Crippen molar-refractivity contribution in [3.63, 3.8) is 0 Å². The second-order valence-corrected chi connectivity index (χ2v) is 7.42. The Bertz CT molecular complexity index is 662. The maximum Gasteiger partial charge on any atom is 0.319 e. The van der Waals surface area contributed by atoms with E-state index < -0.39 is 16.8 Å². The van der Waals surface area contributed by atoms with Gasteiger partial charge in [-0.3, -0.25) is 9.59 Å². The fourth-order valence-corrected chi connectivity index (χ4v) is 4.14. The Hall–Kier alpha value is -2.14. The molecule has 134 valence electrons. The van der Waals surface area contributed by atoms with Gasteiger partial charge in [0.15, 0.2) is 5.41 Å². The summed E-state index contributed by atoms with van der Waals surface area (Å²) in [6.45, 7) is 0.959. The van der Waals surface area contributed by atoms with E-state index in [2.05, 4.69) is 0 Å². The molecule has 1 amide bonds. The summed E-state index contributed by atoms with van der Waals surface area (Å²) in [7, 11) is 0. The molecule has 0 radical (unpaired) electrons. The first kappa shape index (κ1) is 17.7. The topological polar surface area (TPSA) is 77.8 Å². The van der Waals surface area contributed by atoms with Gasteiger partial charge < -0.3 is 15.1 Å². The van der Waals surface area contributed by atoms with E-state index in [1.807, 2.05) is 30.3 Å². The fraction of sp³-hybridized carbons (Fsp3) is 0.500. The molecule has 2 aliphatic rings. The zero-order valence-electron chi connectivity index (χ0n) is 14.4. The number of rotatable bonds is 5. The number of nitrogens with zero attached hydrogens (tertiary/aromatic N) is 1. The van der Waals surface area contributed by atoms with E-state index >= 15 is 0 Å². The predicted octanol–water partition coefficient (Wildman–Crippen LogP) is 2.25. The smallest absolute Gasteiger partial charge is 0.319 e. The molecule has 0 saturated carbocycles. The quantitative estimate of drug-likeness (QED) is 0.635. The second kappa shape index (κ2) is 7.00. The van der Waals surface area contributed by atoms with Crippen LogP contribution in [0.25, 0.3) is 0 Å². The van der Waals surface area contributed by atoms with Crippen molar-refractivity contribution >= 4 is 11.9 Å². The maximum atomic E-state index is 13.0. The lowest BCUT2D eigenvalue weighted by Gasteiger charge is -2.44. The van der Waals surface area contributed by atoms with Gasteiger partial charge in [0.1, 0.15) is 0 Å². The number of aliphatic hydroxyl groups is 1. The molecule has 5 nitrogen and oxygen atoms in total. The van der Waals surface area contributed by atoms with Crippen molar-refractivity contribution in [2.24, 2.45) is 10.8 Å². The van der Waals surface area contributed by atoms with Crippen LogP contribution in [0.1, 0.15) is 31.2 Å². The van der Waals surface area contributed by atoms with E-state index in [0.717, 1.165) is 18.4 Å². The molecule has 1 saturated heterocycles. The van der Waals surface area contributed by atoms with Crippen LogP contribution in [0.2, 0.25) is 0 Å². The molecule has 2 N–H and O–H groups in total. The van der Waals surface area contributed by atoms with Gasteiger partial charge in [-0.1, -0.05) is 42.5 Å². The van der Waals surface area contributed by atoms with Crippen molar-refractivity contribution in [3.8, 4) is 0 Å². The first-order valence-corrected chi connectivity index (χ1v) is 8.84. The van der Waals surface area contributed by atoms with Crippen LogP contribution < -0.4 is 0 Å². The van der Waals surface area contributed by atoms with Crippen LogP contribution in [0, 0.1) is 10.8 Å². The number of benzene rings is 1. The van der Waals surface area contributed by atoms with Crippen molar-refractivity contribution in [1.82, 2.24) is 4.90 Å². The van der Waals surface area contributed by atoms with E-state index in [0.29, 0.717) is 19.5 Å². The van der Waals surface area contributed by atoms with E-state index in [-0.39, 0.29) is 25.4 Å². The van der Waals surface area contributed by atoms with Crippen molar-refractivity contribution in [2.45, 2.75) is 32.1 Å². The van der Waals surface area contributed by atoms with Gasteiger partial charge in [0.25, 0.3) is 0 Å². The normalized spacial score (nSPS) is 25.1. The zero-order chi connectivity index (χ0) is 17.9. The van der Waals surface area contributed by atoms with E-state index in [4.69, 9.17) is 0 Å². The number of carboxylic acid groups (broad SMARTS) is 1. The summed E-state index contributed by atoms with van der Waals surface area (Å²) in [5, 5.41) is 19.7. The molecule has 1 aliphatic carbocycles. The minimum atomic E-state index is -1.36. The molecule has 1 aromatic carbocycles. The number of aliphatic carboxylic acids is 1. The summed E-state index contributed by atoms with van der Waals surface area (Å²) in [6, 6.07) is 9.94. The van der Waals surface area contributed by atoms with Gasteiger partial charge in [0.2, 0.25) is 5.91 Å². The van der Waals surface area contributed by atoms with Crippen LogP contribution in [0.15, 0.2) is 42.5 Å². The number of carbonyl (C=O) groups is 2. The summed E-state index contributed by atoms with van der Waals surface area (Å²) in [5.41, 5.74) is -0.631. The van der Waals surface area contributed by atoms with Crippen LogP contribution in [0.4, 0.5) is 0 Å². The third kappa shape index (κ3) is 3.33.